The number of fused-ring (bicyclic) bond motifs is 1. The molecule has 0 saturated carbocycles. The van der Waals surface area contributed by atoms with E-state index in [4.69, 9.17) is 9.15 Å². The predicted molar refractivity (Wildman–Crippen MR) is 115 cm³/mol. The number of oxazole rings is 1. The maximum Gasteiger partial charge on any atom is 0.420 e. The van der Waals surface area contributed by atoms with Gasteiger partial charge in [-0.2, -0.15) is 4.31 Å². The first-order valence-electron chi connectivity index (χ1n) is 10.2. The first-order valence-corrected chi connectivity index (χ1v) is 11.6. The highest BCUT2D eigenvalue weighted by atomic mass is 32.2. The molecule has 0 atom stereocenters. The highest BCUT2D eigenvalue weighted by molar-refractivity contribution is 7.89. The van der Waals surface area contributed by atoms with Crippen LogP contribution in [-0.4, -0.2) is 43.3 Å². The molecule has 0 radical (unpaired) electrons. The number of ether oxygens (including phenoxy) is 1. The van der Waals surface area contributed by atoms with Gasteiger partial charge < -0.3 is 9.15 Å². The van der Waals surface area contributed by atoms with E-state index < -0.39 is 15.8 Å². The zero-order valence-electron chi connectivity index (χ0n) is 17.2. The fourth-order valence-electron chi connectivity index (χ4n) is 3.82. The molecule has 0 spiro atoms. The van der Waals surface area contributed by atoms with Crippen LogP contribution in [0.4, 0.5) is 0 Å². The van der Waals surface area contributed by atoms with Gasteiger partial charge in [-0.25, -0.2) is 13.2 Å². The van der Waals surface area contributed by atoms with Gasteiger partial charge in [0, 0.05) is 24.7 Å². The normalized spacial score (nSPS) is 15.6. The van der Waals surface area contributed by atoms with E-state index in [0.29, 0.717) is 29.9 Å². The van der Waals surface area contributed by atoms with Crippen molar-refractivity contribution in [1.29, 1.82) is 0 Å². The second-order valence-electron chi connectivity index (χ2n) is 7.56. The fraction of sp³-hybridized carbons (Fsp3) is 0.364. The van der Waals surface area contributed by atoms with Crippen LogP contribution in [0.3, 0.4) is 0 Å². The molecular formula is C22H24N2O6S. The summed E-state index contributed by atoms with van der Waals surface area (Å²) < 4.78 is 39.2. The number of Topliss-reactive ketones (excluding diaryl/α,β-unsaturated/α-hetero) is 1. The molecule has 0 bridgehead atoms. The van der Waals surface area contributed by atoms with E-state index in [0.717, 1.165) is 25.7 Å². The lowest BCUT2D eigenvalue weighted by Gasteiger charge is -2.19. The molecular weight excluding hydrogens is 420 g/mol. The van der Waals surface area contributed by atoms with Crippen LogP contribution in [0.25, 0.3) is 11.1 Å². The second kappa shape index (κ2) is 8.68. The van der Waals surface area contributed by atoms with Crippen LogP contribution in [0.5, 0.6) is 5.75 Å². The lowest BCUT2D eigenvalue weighted by Crippen LogP contribution is -2.31. The van der Waals surface area contributed by atoms with Gasteiger partial charge >= 0.3 is 5.76 Å². The Morgan fingerprint density at radius 2 is 1.81 bits per heavy atom. The minimum atomic E-state index is -3.67. The van der Waals surface area contributed by atoms with Crippen LogP contribution in [0.2, 0.25) is 0 Å². The highest BCUT2D eigenvalue weighted by Gasteiger charge is 2.26. The average Bonchev–Trinajstić information content (AvgIpc) is 2.94. The molecule has 4 rings (SSSR count). The third-order valence-electron chi connectivity index (χ3n) is 5.54. The fourth-order valence-corrected chi connectivity index (χ4v) is 5.35. The number of rotatable bonds is 6. The molecule has 0 amide bonds. The van der Waals surface area contributed by atoms with Crippen molar-refractivity contribution in [3.63, 3.8) is 0 Å². The summed E-state index contributed by atoms with van der Waals surface area (Å²) in [5.41, 5.74) is 0.913. The van der Waals surface area contributed by atoms with Crippen molar-refractivity contribution in [3.05, 3.63) is 58.6 Å². The monoisotopic (exact) mass is 444 g/mol. The second-order valence-corrected chi connectivity index (χ2v) is 9.50. The molecule has 164 valence electrons. The van der Waals surface area contributed by atoms with E-state index in [1.165, 1.54) is 34.2 Å². The minimum absolute atomic E-state index is 0.0851. The van der Waals surface area contributed by atoms with Crippen LogP contribution in [0.1, 0.15) is 36.0 Å². The van der Waals surface area contributed by atoms with Crippen LogP contribution in [0, 0.1) is 0 Å². The van der Waals surface area contributed by atoms with Gasteiger partial charge in [-0.05, 0) is 37.1 Å². The van der Waals surface area contributed by atoms with Gasteiger partial charge in [-0.15, -0.1) is 0 Å². The highest BCUT2D eigenvalue weighted by Crippen LogP contribution is 2.24. The van der Waals surface area contributed by atoms with E-state index in [2.05, 4.69) is 0 Å². The third kappa shape index (κ3) is 4.28. The Bertz CT molecular complexity index is 1270. The average molecular weight is 445 g/mol. The van der Waals surface area contributed by atoms with Crippen LogP contribution >= 0.6 is 0 Å². The Hall–Kier alpha value is -2.91. The lowest BCUT2D eigenvalue weighted by atomic mass is 10.1. The number of aromatic nitrogens is 1. The van der Waals surface area contributed by atoms with Gasteiger partial charge in [0.1, 0.15) is 5.75 Å². The standard InChI is InChI=1S/C22H24N2O6S/c1-29-17-8-6-7-16(13-17)20(25)15-24-19-10-9-18(14-21(19)30-22(24)26)31(27,28)23-11-4-2-3-5-12-23/h6-10,13-14H,2-5,11-12,15H2,1H3. The topological polar surface area (TPSA) is 98.8 Å². The van der Waals surface area contributed by atoms with Crippen molar-refractivity contribution in [1.82, 2.24) is 8.87 Å². The summed E-state index contributed by atoms with van der Waals surface area (Å²) in [5, 5.41) is 0. The molecule has 2 aromatic carbocycles. The predicted octanol–water partition coefficient (Wildman–Crippen LogP) is 3.05. The van der Waals surface area contributed by atoms with Crippen molar-refractivity contribution in [3.8, 4) is 5.75 Å². The van der Waals surface area contributed by atoms with E-state index in [1.807, 2.05) is 0 Å². The SMILES string of the molecule is COc1cccc(C(=O)Cn2c(=O)oc3cc(S(=O)(=O)N4CCCCCC4)ccc32)c1. The molecule has 1 saturated heterocycles. The van der Waals surface area contributed by atoms with Crippen molar-refractivity contribution >= 4 is 26.9 Å². The Balaban J connectivity index is 1.64. The van der Waals surface area contributed by atoms with E-state index in [-0.39, 0.29) is 22.8 Å². The Kier molecular flexibility index (Phi) is 5.97. The summed E-state index contributed by atoms with van der Waals surface area (Å²) in [7, 11) is -2.16. The molecule has 2 heterocycles. The van der Waals surface area contributed by atoms with Crippen LogP contribution in [0.15, 0.2) is 56.6 Å². The largest absolute Gasteiger partial charge is 0.497 e. The number of carbonyl (C=O) groups excluding carboxylic acids is 1. The number of carbonyl (C=O) groups is 1. The molecule has 0 unspecified atom stereocenters. The number of hydrogen-bond acceptors (Lipinski definition) is 6. The van der Waals surface area contributed by atoms with Crippen molar-refractivity contribution < 1.29 is 22.4 Å². The molecule has 0 aliphatic carbocycles. The quantitative estimate of drug-likeness (QED) is 0.542. The Morgan fingerprint density at radius 1 is 1.06 bits per heavy atom. The van der Waals surface area contributed by atoms with Gasteiger partial charge in [0.25, 0.3) is 0 Å². The Morgan fingerprint density at radius 3 is 2.52 bits per heavy atom. The van der Waals surface area contributed by atoms with Gasteiger partial charge in [0.15, 0.2) is 11.4 Å². The number of sulfonamides is 1. The maximum absolute atomic E-state index is 13.0. The summed E-state index contributed by atoms with van der Waals surface area (Å²) in [6.45, 7) is 0.748. The summed E-state index contributed by atoms with van der Waals surface area (Å²) in [5.74, 6) is -0.459. The molecule has 1 aliphatic heterocycles. The number of nitrogens with zero attached hydrogens (tertiary/aromatic N) is 2. The minimum Gasteiger partial charge on any atom is -0.497 e. The van der Waals surface area contributed by atoms with Crippen LogP contribution in [-0.2, 0) is 16.6 Å². The van der Waals surface area contributed by atoms with E-state index in [9.17, 15) is 18.0 Å². The van der Waals surface area contributed by atoms with Crippen molar-refractivity contribution in [2.45, 2.75) is 37.1 Å². The zero-order valence-corrected chi connectivity index (χ0v) is 18.1. The molecule has 1 fully saturated rings. The molecule has 1 aliphatic rings. The van der Waals surface area contributed by atoms with E-state index in [1.54, 1.807) is 24.3 Å². The van der Waals surface area contributed by atoms with Crippen molar-refractivity contribution in [2.24, 2.45) is 0 Å². The Labute approximate surface area is 180 Å². The first kappa shape index (κ1) is 21.3. The van der Waals surface area contributed by atoms with Gasteiger partial charge in [-0.3, -0.25) is 9.36 Å². The summed E-state index contributed by atoms with van der Waals surface area (Å²) in [4.78, 5) is 25.2. The van der Waals surface area contributed by atoms with Crippen LogP contribution < -0.4 is 10.5 Å². The van der Waals surface area contributed by atoms with Gasteiger partial charge in [0.05, 0.1) is 24.1 Å². The maximum atomic E-state index is 13.0. The number of hydrogen-bond donors (Lipinski definition) is 0. The number of ketones is 1. The molecule has 9 heteroatoms. The number of benzene rings is 2. The van der Waals surface area contributed by atoms with Gasteiger partial charge in [0.2, 0.25) is 10.0 Å². The summed E-state index contributed by atoms with van der Waals surface area (Å²) >= 11 is 0. The summed E-state index contributed by atoms with van der Waals surface area (Å²) in [6.07, 6.45) is 3.70. The zero-order chi connectivity index (χ0) is 22.0. The third-order valence-corrected chi connectivity index (χ3v) is 7.43. The lowest BCUT2D eigenvalue weighted by molar-refractivity contribution is 0.0970. The molecule has 0 N–H and O–H groups in total. The molecule has 1 aromatic heterocycles. The smallest absolute Gasteiger partial charge is 0.420 e. The van der Waals surface area contributed by atoms with E-state index >= 15 is 0 Å². The molecule has 8 nitrogen and oxygen atoms in total. The van der Waals surface area contributed by atoms with Gasteiger partial charge in [-0.1, -0.05) is 25.0 Å². The summed E-state index contributed by atoms with van der Waals surface area (Å²) in [6, 6.07) is 11.0. The molecule has 31 heavy (non-hydrogen) atoms. The number of methoxy groups -OCH3 is 1. The molecule has 3 aromatic rings. The van der Waals surface area contributed by atoms with Crippen molar-refractivity contribution in [2.75, 3.05) is 20.2 Å². The first-order chi connectivity index (χ1) is 14.9.